The number of nitrogens with one attached hydrogen (secondary N) is 2. The summed E-state index contributed by atoms with van der Waals surface area (Å²) < 4.78 is 0. The summed E-state index contributed by atoms with van der Waals surface area (Å²) in [5.41, 5.74) is 0.930. The third-order valence-electron chi connectivity index (χ3n) is 4.85. The predicted octanol–water partition coefficient (Wildman–Crippen LogP) is 1.14. The van der Waals surface area contributed by atoms with Crippen molar-refractivity contribution in [1.82, 2.24) is 15.5 Å². The predicted molar refractivity (Wildman–Crippen MR) is 99.2 cm³/mol. The highest BCUT2D eigenvalue weighted by atomic mass is 16.3. The summed E-state index contributed by atoms with van der Waals surface area (Å²) in [6.07, 6.45) is 3.22. The molecule has 1 aromatic carbocycles. The monoisotopic (exact) mass is 358 g/mol. The van der Waals surface area contributed by atoms with Crippen molar-refractivity contribution >= 4 is 17.8 Å². The second-order valence-electron chi connectivity index (χ2n) is 6.72. The number of rotatable bonds is 5. The molecule has 1 aliphatic carbocycles. The van der Waals surface area contributed by atoms with E-state index in [-0.39, 0.29) is 30.5 Å². The Hall–Kier alpha value is -2.41. The third kappa shape index (κ3) is 4.04. The Morgan fingerprint density at radius 1 is 1.15 bits per heavy atom. The normalized spacial score (nSPS) is 23.2. The molecule has 0 aromatic heterocycles. The van der Waals surface area contributed by atoms with Crippen LogP contribution in [0.4, 0.5) is 0 Å². The van der Waals surface area contributed by atoms with E-state index in [2.05, 4.69) is 15.6 Å². The minimum Gasteiger partial charge on any atom is -0.393 e. The van der Waals surface area contributed by atoms with E-state index in [0.717, 1.165) is 32.2 Å². The number of benzene rings is 1. The van der Waals surface area contributed by atoms with Crippen LogP contribution in [0, 0.1) is 0 Å². The van der Waals surface area contributed by atoms with E-state index < -0.39 is 0 Å². The molecule has 140 valence electrons. The Morgan fingerprint density at radius 3 is 2.35 bits per heavy atom. The maximum Gasteiger partial charge on any atom is 0.261 e. The highest BCUT2D eigenvalue weighted by Crippen LogP contribution is 2.22. The van der Waals surface area contributed by atoms with Crippen molar-refractivity contribution in [2.75, 3.05) is 19.6 Å². The lowest BCUT2D eigenvalue weighted by molar-refractivity contribution is 0.0659. The van der Waals surface area contributed by atoms with Crippen LogP contribution in [-0.4, -0.2) is 59.6 Å². The number of hydrogen-bond acceptors (Lipinski definition) is 4. The van der Waals surface area contributed by atoms with Gasteiger partial charge in [-0.25, -0.2) is 0 Å². The van der Waals surface area contributed by atoms with Gasteiger partial charge in [0.05, 0.1) is 23.8 Å². The first-order chi connectivity index (χ1) is 12.6. The number of fused-ring (bicyclic) bond motifs is 1. The van der Waals surface area contributed by atoms with Crippen LogP contribution in [0.1, 0.15) is 53.3 Å². The maximum atomic E-state index is 12.4. The summed E-state index contributed by atoms with van der Waals surface area (Å²) >= 11 is 0. The Bertz CT molecular complexity index is 661. The van der Waals surface area contributed by atoms with Crippen molar-refractivity contribution in [2.24, 2.45) is 4.99 Å². The Kier molecular flexibility index (Phi) is 5.88. The summed E-state index contributed by atoms with van der Waals surface area (Å²) in [5.74, 6) is 0.186. The van der Waals surface area contributed by atoms with Gasteiger partial charge in [0.2, 0.25) is 0 Å². The zero-order valence-electron chi connectivity index (χ0n) is 15.1. The smallest absolute Gasteiger partial charge is 0.261 e. The van der Waals surface area contributed by atoms with E-state index in [9.17, 15) is 14.7 Å². The van der Waals surface area contributed by atoms with Gasteiger partial charge in [-0.2, -0.15) is 0 Å². The molecule has 0 atom stereocenters. The number of imide groups is 1. The number of nitrogens with zero attached hydrogens (tertiary/aromatic N) is 2. The number of carbonyl (C=O) groups is 2. The number of amides is 2. The van der Waals surface area contributed by atoms with Crippen molar-refractivity contribution in [3.8, 4) is 0 Å². The second kappa shape index (κ2) is 8.31. The SMILES string of the molecule is CCNC(=NCCN1C(=O)c2ccccc2C1=O)NC1CCC(O)CC1. The Balaban J connectivity index is 1.57. The zero-order valence-corrected chi connectivity index (χ0v) is 15.1. The van der Waals surface area contributed by atoms with Gasteiger partial charge in [-0.15, -0.1) is 0 Å². The molecule has 1 heterocycles. The van der Waals surface area contributed by atoms with Crippen molar-refractivity contribution in [2.45, 2.75) is 44.8 Å². The number of guanidine groups is 1. The van der Waals surface area contributed by atoms with Gasteiger partial charge >= 0.3 is 0 Å². The molecule has 1 aromatic rings. The van der Waals surface area contributed by atoms with Gasteiger partial charge in [-0.1, -0.05) is 12.1 Å². The molecule has 0 spiro atoms. The molecule has 2 amide bonds. The second-order valence-corrected chi connectivity index (χ2v) is 6.72. The minimum absolute atomic E-state index is 0.193. The quantitative estimate of drug-likeness (QED) is 0.417. The van der Waals surface area contributed by atoms with Crippen LogP contribution in [0.25, 0.3) is 0 Å². The standard InChI is InChI=1S/C19H26N4O3/c1-2-20-19(22-13-7-9-14(24)10-8-13)21-11-12-23-17(25)15-5-3-4-6-16(15)18(23)26/h3-6,13-14,24H,2,7-12H2,1H3,(H2,20,21,22). The van der Waals surface area contributed by atoms with Crippen molar-refractivity contribution in [3.63, 3.8) is 0 Å². The summed E-state index contributed by atoms with van der Waals surface area (Å²) in [6, 6.07) is 7.18. The van der Waals surface area contributed by atoms with Crippen LogP contribution in [0.5, 0.6) is 0 Å². The van der Waals surface area contributed by atoms with E-state index in [1.165, 1.54) is 4.90 Å². The number of aliphatic imine (C=N–C) groups is 1. The van der Waals surface area contributed by atoms with Crippen LogP contribution in [-0.2, 0) is 0 Å². The van der Waals surface area contributed by atoms with Gasteiger partial charge in [0, 0.05) is 19.1 Å². The van der Waals surface area contributed by atoms with E-state index in [0.29, 0.717) is 23.6 Å². The van der Waals surface area contributed by atoms with Crippen LogP contribution in [0.3, 0.4) is 0 Å². The topological polar surface area (TPSA) is 94.0 Å². The van der Waals surface area contributed by atoms with Gasteiger partial charge in [0.25, 0.3) is 11.8 Å². The van der Waals surface area contributed by atoms with Crippen LogP contribution >= 0.6 is 0 Å². The highest BCUT2D eigenvalue weighted by Gasteiger charge is 2.34. The van der Waals surface area contributed by atoms with E-state index >= 15 is 0 Å². The minimum atomic E-state index is -0.250. The summed E-state index contributed by atoms with van der Waals surface area (Å²) in [5, 5.41) is 16.2. The molecule has 0 radical (unpaired) electrons. The number of aliphatic hydroxyl groups excluding tert-OH is 1. The van der Waals surface area contributed by atoms with Gasteiger partial charge in [-0.05, 0) is 44.7 Å². The molecule has 2 aliphatic rings. The molecule has 0 unspecified atom stereocenters. The van der Waals surface area contributed by atoms with Crippen LogP contribution < -0.4 is 10.6 Å². The average Bonchev–Trinajstić information content (AvgIpc) is 2.89. The van der Waals surface area contributed by atoms with Gasteiger partial charge in [-0.3, -0.25) is 19.5 Å². The van der Waals surface area contributed by atoms with E-state index in [1.54, 1.807) is 24.3 Å². The average molecular weight is 358 g/mol. The highest BCUT2D eigenvalue weighted by molar-refractivity contribution is 6.21. The molecule has 3 N–H and O–H groups in total. The molecule has 26 heavy (non-hydrogen) atoms. The lowest BCUT2D eigenvalue weighted by atomic mass is 9.93. The fourth-order valence-electron chi connectivity index (χ4n) is 3.44. The molecule has 0 bridgehead atoms. The first kappa shape index (κ1) is 18.4. The number of carbonyl (C=O) groups excluding carboxylic acids is 2. The molecule has 7 heteroatoms. The molecule has 1 aliphatic heterocycles. The van der Waals surface area contributed by atoms with Gasteiger partial charge in [0.1, 0.15) is 0 Å². The molecule has 1 fully saturated rings. The summed E-state index contributed by atoms with van der Waals surface area (Å²) in [7, 11) is 0. The number of aliphatic hydroxyl groups is 1. The number of hydrogen-bond donors (Lipinski definition) is 3. The lowest BCUT2D eigenvalue weighted by Gasteiger charge is -2.27. The summed E-state index contributed by atoms with van der Waals surface area (Å²) in [6.45, 7) is 3.32. The molecule has 3 rings (SSSR count). The van der Waals surface area contributed by atoms with Gasteiger partial charge < -0.3 is 15.7 Å². The maximum absolute atomic E-state index is 12.4. The first-order valence-corrected chi connectivity index (χ1v) is 9.28. The Labute approximate surface area is 153 Å². The zero-order chi connectivity index (χ0) is 18.5. The van der Waals surface area contributed by atoms with Crippen molar-refractivity contribution in [1.29, 1.82) is 0 Å². The largest absolute Gasteiger partial charge is 0.393 e. The fourth-order valence-corrected chi connectivity index (χ4v) is 3.44. The van der Waals surface area contributed by atoms with E-state index in [1.807, 2.05) is 6.92 Å². The van der Waals surface area contributed by atoms with Crippen LogP contribution in [0.2, 0.25) is 0 Å². The summed E-state index contributed by atoms with van der Waals surface area (Å²) in [4.78, 5) is 30.5. The lowest BCUT2D eigenvalue weighted by Crippen LogP contribution is -2.45. The molecule has 0 saturated heterocycles. The molecule has 1 saturated carbocycles. The fraction of sp³-hybridized carbons (Fsp3) is 0.526. The first-order valence-electron chi connectivity index (χ1n) is 9.28. The Morgan fingerprint density at radius 2 is 1.77 bits per heavy atom. The van der Waals surface area contributed by atoms with E-state index in [4.69, 9.17) is 0 Å². The molecule has 7 nitrogen and oxygen atoms in total. The van der Waals surface area contributed by atoms with Crippen molar-refractivity contribution in [3.05, 3.63) is 35.4 Å². The molecular formula is C19H26N4O3. The molecular weight excluding hydrogens is 332 g/mol. The van der Waals surface area contributed by atoms with Crippen molar-refractivity contribution < 1.29 is 14.7 Å². The van der Waals surface area contributed by atoms with Gasteiger partial charge in [0.15, 0.2) is 5.96 Å². The van der Waals surface area contributed by atoms with Crippen LogP contribution in [0.15, 0.2) is 29.3 Å². The third-order valence-corrected chi connectivity index (χ3v) is 4.85.